The Morgan fingerprint density at radius 2 is 1.43 bits per heavy atom. The Balaban J connectivity index is 1.61. The van der Waals surface area contributed by atoms with Gasteiger partial charge in [-0.25, -0.2) is 4.79 Å². The molecule has 0 saturated carbocycles. The summed E-state index contributed by atoms with van der Waals surface area (Å²) in [6.45, 7) is 0.549. The number of amides is 1. The van der Waals surface area contributed by atoms with Crippen LogP contribution in [0.15, 0.2) is 91.0 Å². The van der Waals surface area contributed by atoms with Gasteiger partial charge in [0, 0.05) is 24.2 Å². The van der Waals surface area contributed by atoms with E-state index in [0.717, 1.165) is 16.7 Å². The van der Waals surface area contributed by atoms with Gasteiger partial charge < -0.3 is 9.64 Å². The molecule has 0 aliphatic heterocycles. The SMILES string of the molecule is O=C(/C=C/c1cccc(Cl)c1)OCC(=O)N(Cc1ccccc1)Cc1ccccc1. The van der Waals surface area contributed by atoms with Crippen molar-refractivity contribution in [3.05, 3.63) is 113 Å². The van der Waals surface area contributed by atoms with Crippen LogP contribution in [-0.4, -0.2) is 23.4 Å². The zero-order valence-electron chi connectivity index (χ0n) is 16.4. The molecule has 0 aliphatic rings. The first-order valence-electron chi connectivity index (χ1n) is 9.56. The Morgan fingerprint density at radius 3 is 2.00 bits per heavy atom. The van der Waals surface area contributed by atoms with Crippen molar-refractivity contribution in [1.82, 2.24) is 4.90 Å². The molecule has 1 amide bonds. The van der Waals surface area contributed by atoms with E-state index >= 15 is 0 Å². The zero-order valence-corrected chi connectivity index (χ0v) is 17.2. The fourth-order valence-corrected chi connectivity index (χ4v) is 3.09. The number of hydrogen-bond donors (Lipinski definition) is 0. The van der Waals surface area contributed by atoms with Gasteiger partial charge >= 0.3 is 5.97 Å². The van der Waals surface area contributed by atoms with Crippen LogP contribution in [0.3, 0.4) is 0 Å². The largest absolute Gasteiger partial charge is 0.452 e. The second kappa shape index (κ2) is 11.0. The quantitative estimate of drug-likeness (QED) is 0.376. The highest BCUT2D eigenvalue weighted by atomic mass is 35.5. The van der Waals surface area contributed by atoms with Crippen molar-refractivity contribution < 1.29 is 14.3 Å². The number of nitrogens with zero attached hydrogens (tertiary/aromatic N) is 1. The molecule has 0 bridgehead atoms. The van der Waals surface area contributed by atoms with Crippen molar-refractivity contribution in [2.75, 3.05) is 6.61 Å². The minimum atomic E-state index is -0.581. The summed E-state index contributed by atoms with van der Waals surface area (Å²) in [5, 5.41) is 0.582. The van der Waals surface area contributed by atoms with Crippen LogP contribution in [0.1, 0.15) is 16.7 Å². The fraction of sp³-hybridized carbons (Fsp3) is 0.120. The van der Waals surface area contributed by atoms with Gasteiger partial charge in [0.2, 0.25) is 0 Å². The Bertz CT molecular complexity index is 962. The molecule has 0 heterocycles. The molecule has 3 rings (SSSR count). The number of esters is 1. The van der Waals surface area contributed by atoms with E-state index in [-0.39, 0.29) is 12.5 Å². The van der Waals surface area contributed by atoms with E-state index in [4.69, 9.17) is 16.3 Å². The summed E-state index contributed by atoms with van der Waals surface area (Å²) in [7, 11) is 0. The van der Waals surface area contributed by atoms with Gasteiger partial charge in [0.05, 0.1) is 0 Å². The number of ether oxygens (including phenoxy) is 1. The minimum Gasteiger partial charge on any atom is -0.452 e. The van der Waals surface area contributed by atoms with Gasteiger partial charge in [-0.05, 0) is 34.9 Å². The van der Waals surface area contributed by atoms with Gasteiger partial charge in [-0.1, -0.05) is 84.4 Å². The average Bonchev–Trinajstić information content (AvgIpc) is 2.77. The van der Waals surface area contributed by atoms with E-state index in [9.17, 15) is 9.59 Å². The summed E-state index contributed by atoms with van der Waals surface area (Å²) in [5.74, 6) is -0.838. The number of carbonyl (C=O) groups is 2. The second-order valence-electron chi connectivity index (χ2n) is 6.72. The highest BCUT2D eigenvalue weighted by molar-refractivity contribution is 6.30. The zero-order chi connectivity index (χ0) is 21.2. The lowest BCUT2D eigenvalue weighted by Gasteiger charge is -2.23. The van der Waals surface area contributed by atoms with Crippen LogP contribution in [0, 0.1) is 0 Å². The van der Waals surface area contributed by atoms with Crippen molar-refractivity contribution in [3.8, 4) is 0 Å². The maximum Gasteiger partial charge on any atom is 0.331 e. The molecule has 3 aromatic carbocycles. The van der Waals surface area contributed by atoms with Gasteiger partial charge in [-0.2, -0.15) is 0 Å². The van der Waals surface area contributed by atoms with E-state index < -0.39 is 5.97 Å². The number of benzene rings is 3. The third kappa shape index (κ3) is 6.90. The molecular formula is C25H22ClNO3. The summed E-state index contributed by atoms with van der Waals surface area (Å²) >= 11 is 5.93. The van der Waals surface area contributed by atoms with Crippen LogP contribution in [-0.2, 0) is 27.4 Å². The second-order valence-corrected chi connectivity index (χ2v) is 7.15. The van der Waals surface area contributed by atoms with Gasteiger partial charge in [-0.15, -0.1) is 0 Å². The Labute approximate surface area is 181 Å². The first-order chi connectivity index (χ1) is 14.6. The topological polar surface area (TPSA) is 46.6 Å². The Morgan fingerprint density at radius 1 is 0.833 bits per heavy atom. The van der Waals surface area contributed by atoms with Crippen LogP contribution < -0.4 is 0 Å². The van der Waals surface area contributed by atoms with Crippen LogP contribution >= 0.6 is 11.6 Å². The normalized spacial score (nSPS) is 10.7. The Hall–Kier alpha value is -3.37. The number of halogens is 1. The van der Waals surface area contributed by atoms with Crippen molar-refractivity contribution in [2.24, 2.45) is 0 Å². The molecule has 0 radical (unpaired) electrons. The third-order valence-electron chi connectivity index (χ3n) is 4.38. The van der Waals surface area contributed by atoms with Crippen LogP contribution in [0.5, 0.6) is 0 Å². The monoisotopic (exact) mass is 419 g/mol. The third-order valence-corrected chi connectivity index (χ3v) is 4.62. The van der Waals surface area contributed by atoms with Crippen LogP contribution in [0.2, 0.25) is 5.02 Å². The van der Waals surface area contributed by atoms with E-state index in [1.165, 1.54) is 6.08 Å². The predicted molar refractivity (Wildman–Crippen MR) is 119 cm³/mol. The van der Waals surface area contributed by atoms with Gasteiger partial charge in [-0.3, -0.25) is 4.79 Å². The molecule has 152 valence electrons. The molecule has 0 aliphatic carbocycles. The molecule has 0 atom stereocenters. The highest BCUT2D eigenvalue weighted by Gasteiger charge is 2.16. The van der Waals surface area contributed by atoms with Crippen LogP contribution in [0.4, 0.5) is 0 Å². The lowest BCUT2D eigenvalue weighted by atomic mass is 10.1. The van der Waals surface area contributed by atoms with Gasteiger partial charge in [0.25, 0.3) is 5.91 Å². The predicted octanol–water partition coefficient (Wildman–Crippen LogP) is 5.13. The summed E-state index contributed by atoms with van der Waals surface area (Å²) in [6.07, 6.45) is 2.89. The summed E-state index contributed by atoms with van der Waals surface area (Å²) in [4.78, 5) is 26.5. The highest BCUT2D eigenvalue weighted by Crippen LogP contribution is 2.13. The molecule has 0 saturated heterocycles. The number of rotatable bonds is 8. The lowest BCUT2D eigenvalue weighted by molar-refractivity contribution is -0.148. The van der Waals surface area contributed by atoms with Crippen molar-refractivity contribution in [1.29, 1.82) is 0 Å². The first-order valence-corrected chi connectivity index (χ1v) is 9.94. The summed E-state index contributed by atoms with van der Waals surface area (Å²) in [5.41, 5.74) is 2.79. The molecule has 5 heteroatoms. The lowest BCUT2D eigenvalue weighted by Crippen LogP contribution is -2.33. The van der Waals surface area contributed by atoms with E-state index in [0.29, 0.717) is 18.1 Å². The Kier molecular flexibility index (Phi) is 7.81. The molecule has 0 unspecified atom stereocenters. The molecule has 0 aromatic heterocycles. The van der Waals surface area contributed by atoms with Crippen molar-refractivity contribution >= 4 is 29.6 Å². The standard InChI is InChI=1S/C25H22ClNO3/c26-23-13-7-12-20(16-23)14-15-25(29)30-19-24(28)27(17-21-8-3-1-4-9-21)18-22-10-5-2-6-11-22/h1-16H,17-19H2/b15-14+. The number of carbonyl (C=O) groups excluding carboxylic acids is 2. The van der Waals surface area contributed by atoms with Crippen molar-refractivity contribution in [2.45, 2.75) is 13.1 Å². The average molecular weight is 420 g/mol. The van der Waals surface area contributed by atoms with Crippen molar-refractivity contribution in [3.63, 3.8) is 0 Å². The molecule has 0 spiro atoms. The van der Waals surface area contributed by atoms with Crippen LogP contribution in [0.25, 0.3) is 6.08 Å². The fourth-order valence-electron chi connectivity index (χ4n) is 2.89. The maximum atomic E-state index is 12.8. The molecule has 3 aromatic rings. The molecule has 0 N–H and O–H groups in total. The maximum absolute atomic E-state index is 12.8. The van der Waals surface area contributed by atoms with Gasteiger partial charge in [0.15, 0.2) is 6.61 Å². The number of hydrogen-bond acceptors (Lipinski definition) is 3. The summed E-state index contributed by atoms with van der Waals surface area (Å²) in [6, 6.07) is 26.5. The molecule has 4 nitrogen and oxygen atoms in total. The smallest absolute Gasteiger partial charge is 0.331 e. The van der Waals surface area contributed by atoms with E-state index in [1.807, 2.05) is 66.7 Å². The molecular weight excluding hydrogens is 398 g/mol. The van der Waals surface area contributed by atoms with E-state index in [2.05, 4.69) is 0 Å². The van der Waals surface area contributed by atoms with E-state index in [1.54, 1.807) is 29.2 Å². The first kappa shape index (κ1) is 21.3. The minimum absolute atomic E-state index is 0.257. The molecule has 0 fully saturated rings. The van der Waals surface area contributed by atoms with Gasteiger partial charge in [0.1, 0.15) is 0 Å². The summed E-state index contributed by atoms with van der Waals surface area (Å²) < 4.78 is 5.16. The molecule has 30 heavy (non-hydrogen) atoms.